The third-order valence-electron chi connectivity index (χ3n) is 3.48. The number of benzene rings is 2. The molecule has 0 saturated carbocycles. The second-order valence-corrected chi connectivity index (χ2v) is 4.96. The van der Waals surface area contributed by atoms with Gasteiger partial charge in [-0.15, -0.1) is 0 Å². The standard InChI is InChI=1S/C17H19F2N/c1-4-20-12(3)13-6-5-7-14(10-13)15-9-8-11(2)16(18)17(15)19/h5-10,12,20H,4H2,1-3H3. The number of hydrogen-bond acceptors (Lipinski definition) is 1. The van der Waals surface area contributed by atoms with E-state index in [-0.39, 0.29) is 6.04 Å². The Morgan fingerprint density at radius 2 is 1.85 bits per heavy atom. The van der Waals surface area contributed by atoms with Crippen molar-refractivity contribution >= 4 is 0 Å². The highest BCUT2D eigenvalue weighted by atomic mass is 19.2. The molecule has 0 spiro atoms. The number of rotatable bonds is 4. The molecule has 1 N–H and O–H groups in total. The first-order valence-corrected chi connectivity index (χ1v) is 6.83. The van der Waals surface area contributed by atoms with Gasteiger partial charge in [-0.3, -0.25) is 0 Å². The van der Waals surface area contributed by atoms with Gasteiger partial charge in [0.05, 0.1) is 0 Å². The third-order valence-corrected chi connectivity index (χ3v) is 3.48. The highest BCUT2D eigenvalue weighted by Crippen LogP contribution is 2.28. The van der Waals surface area contributed by atoms with Crippen LogP contribution in [0, 0.1) is 18.6 Å². The molecule has 3 heteroatoms. The summed E-state index contributed by atoms with van der Waals surface area (Å²) in [5.41, 5.74) is 2.38. The maximum Gasteiger partial charge on any atom is 0.166 e. The Bertz CT molecular complexity index is 608. The second kappa shape index (κ2) is 6.14. The van der Waals surface area contributed by atoms with Crippen molar-refractivity contribution in [3.63, 3.8) is 0 Å². The number of hydrogen-bond donors (Lipinski definition) is 1. The molecule has 0 aliphatic heterocycles. The lowest BCUT2D eigenvalue weighted by Crippen LogP contribution is -2.17. The van der Waals surface area contributed by atoms with E-state index in [9.17, 15) is 8.78 Å². The number of nitrogens with one attached hydrogen (secondary N) is 1. The van der Waals surface area contributed by atoms with Crippen molar-refractivity contribution < 1.29 is 8.78 Å². The van der Waals surface area contributed by atoms with Crippen LogP contribution in [0.1, 0.15) is 31.0 Å². The minimum atomic E-state index is -0.779. The molecule has 2 rings (SSSR count). The molecule has 0 bridgehead atoms. The smallest absolute Gasteiger partial charge is 0.166 e. The van der Waals surface area contributed by atoms with E-state index in [1.807, 2.05) is 25.1 Å². The van der Waals surface area contributed by atoms with Crippen molar-refractivity contribution in [1.82, 2.24) is 5.32 Å². The van der Waals surface area contributed by atoms with Crippen LogP contribution in [0.15, 0.2) is 36.4 Å². The molecule has 1 unspecified atom stereocenters. The molecule has 106 valence electrons. The first-order valence-electron chi connectivity index (χ1n) is 6.83. The van der Waals surface area contributed by atoms with E-state index < -0.39 is 11.6 Å². The molecular weight excluding hydrogens is 256 g/mol. The molecule has 0 radical (unpaired) electrons. The van der Waals surface area contributed by atoms with Gasteiger partial charge in [-0.1, -0.05) is 37.3 Å². The lowest BCUT2D eigenvalue weighted by atomic mass is 9.98. The van der Waals surface area contributed by atoms with Gasteiger partial charge < -0.3 is 5.32 Å². The average Bonchev–Trinajstić information content (AvgIpc) is 2.45. The van der Waals surface area contributed by atoms with Gasteiger partial charge in [0.1, 0.15) is 0 Å². The van der Waals surface area contributed by atoms with E-state index in [1.165, 1.54) is 0 Å². The molecule has 0 aliphatic carbocycles. The Labute approximate surface area is 118 Å². The zero-order valence-corrected chi connectivity index (χ0v) is 12.0. The van der Waals surface area contributed by atoms with Crippen LogP contribution in [0.2, 0.25) is 0 Å². The summed E-state index contributed by atoms with van der Waals surface area (Å²) in [4.78, 5) is 0. The summed E-state index contributed by atoms with van der Waals surface area (Å²) in [6, 6.07) is 11.0. The molecule has 0 heterocycles. The molecule has 0 aromatic heterocycles. The van der Waals surface area contributed by atoms with Crippen LogP contribution < -0.4 is 5.32 Å². The summed E-state index contributed by atoms with van der Waals surface area (Å²) in [5, 5.41) is 3.31. The zero-order valence-electron chi connectivity index (χ0n) is 12.0. The normalized spacial score (nSPS) is 12.4. The van der Waals surface area contributed by atoms with Crippen molar-refractivity contribution in [2.24, 2.45) is 0 Å². The Morgan fingerprint density at radius 3 is 2.55 bits per heavy atom. The van der Waals surface area contributed by atoms with Crippen LogP contribution in [-0.2, 0) is 0 Å². The van der Waals surface area contributed by atoms with Crippen LogP contribution in [0.5, 0.6) is 0 Å². The van der Waals surface area contributed by atoms with E-state index in [0.717, 1.165) is 12.1 Å². The Morgan fingerprint density at radius 1 is 1.10 bits per heavy atom. The summed E-state index contributed by atoms with van der Waals surface area (Å²) in [6.07, 6.45) is 0. The number of halogens is 2. The highest BCUT2D eigenvalue weighted by Gasteiger charge is 2.13. The largest absolute Gasteiger partial charge is 0.310 e. The molecular formula is C17H19F2N. The van der Waals surface area contributed by atoms with Crippen LogP contribution in [0.25, 0.3) is 11.1 Å². The van der Waals surface area contributed by atoms with Crippen molar-refractivity contribution in [3.05, 3.63) is 59.2 Å². The molecule has 0 aliphatic rings. The monoisotopic (exact) mass is 275 g/mol. The molecule has 1 nitrogen and oxygen atoms in total. The lowest BCUT2D eigenvalue weighted by Gasteiger charge is -2.14. The average molecular weight is 275 g/mol. The van der Waals surface area contributed by atoms with Gasteiger partial charge in [0.25, 0.3) is 0 Å². The van der Waals surface area contributed by atoms with Crippen LogP contribution in [0.4, 0.5) is 8.78 Å². The first kappa shape index (κ1) is 14.7. The van der Waals surface area contributed by atoms with Gasteiger partial charge in [0, 0.05) is 11.6 Å². The predicted octanol–water partition coefficient (Wildman–Crippen LogP) is 4.61. The lowest BCUT2D eigenvalue weighted by molar-refractivity contribution is 0.505. The van der Waals surface area contributed by atoms with Crippen molar-refractivity contribution in [2.75, 3.05) is 6.54 Å². The fourth-order valence-electron chi connectivity index (χ4n) is 2.27. The minimum absolute atomic E-state index is 0.179. The predicted molar refractivity (Wildman–Crippen MR) is 78.6 cm³/mol. The van der Waals surface area contributed by atoms with Gasteiger partial charge in [-0.25, -0.2) is 8.78 Å². The summed E-state index contributed by atoms with van der Waals surface area (Å²) >= 11 is 0. The molecule has 2 aromatic rings. The topological polar surface area (TPSA) is 12.0 Å². The summed E-state index contributed by atoms with van der Waals surface area (Å²) in [7, 11) is 0. The van der Waals surface area contributed by atoms with Gasteiger partial charge in [0.2, 0.25) is 0 Å². The quantitative estimate of drug-likeness (QED) is 0.859. The maximum atomic E-state index is 14.0. The van der Waals surface area contributed by atoms with Gasteiger partial charge in [0.15, 0.2) is 11.6 Å². The van der Waals surface area contributed by atoms with Gasteiger partial charge >= 0.3 is 0 Å². The van der Waals surface area contributed by atoms with E-state index in [2.05, 4.69) is 12.2 Å². The van der Waals surface area contributed by atoms with Crippen molar-refractivity contribution in [2.45, 2.75) is 26.8 Å². The summed E-state index contributed by atoms with van der Waals surface area (Å²) in [6.45, 7) is 6.51. The van der Waals surface area contributed by atoms with E-state index >= 15 is 0 Å². The molecule has 0 saturated heterocycles. The highest BCUT2D eigenvalue weighted by molar-refractivity contribution is 5.65. The minimum Gasteiger partial charge on any atom is -0.310 e. The fourth-order valence-corrected chi connectivity index (χ4v) is 2.27. The van der Waals surface area contributed by atoms with Gasteiger partial charge in [-0.05, 0) is 43.1 Å². The van der Waals surface area contributed by atoms with Crippen molar-refractivity contribution in [1.29, 1.82) is 0 Å². The van der Waals surface area contributed by atoms with Crippen LogP contribution in [-0.4, -0.2) is 6.54 Å². The molecule has 0 fully saturated rings. The van der Waals surface area contributed by atoms with E-state index in [0.29, 0.717) is 16.7 Å². The molecule has 20 heavy (non-hydrogen) atoms. The zero-order chi connectivity index (χ0) is 14.7. The molecule has 0 amide bonds. The third kappa shape index (κ3) is 2.88. The first-order chi connectivity index (χ1) is 9.54. The van der Waals surface area contributed by atoms with Gasteiger partial charge in [-0.2, -0.15) is 0 Å². The maximum absolute atomic E-state index is 14.0. The summed E-state index contributed by atoms with van der Waals surface area (Å²) in [5.74, 6) is -1.55. The number of aryl methyl sites for hydroxylation is 1. The second-order valence-electron chi connectivity index (χ2n) is 4.96. The van der Waals surface area contributed by atoms with Crippen LogP contribution in [0.3, 0.4) is 0 Å². The fraction of sp³-hybridized carbons (Fsp3) is 0.294. The van der Waals surface area contributed by atoms with Crippen molar-refractivity contribution in [3.8, 4) is 11.1 Å². The van der Waals surface area contributed by atoms with Crippen LogP contribution >= 0.6 is 0 Å². The Hall–Kier alpha value is -1.74. The Balaban J connectivity index is 2.44. The molecule has 2 aromatic carbocycles. The SMILES string of the molecule is CCNC(C)c1cccc(-c2ccc(C)c(F)c2F)c1. The van der Waals surface area contributed by atoms with E-state index in [4.69, 9.17) is 0 Å². The molecule has 1 atom stereocenters. The van der Waals surface area contributed by atoms with E-state index in [1.54, 1.807) is 25.1 Å². The summed E-state index contributed by atoms with van der Waals surface area (Å²) < 4.78 is 27.7. The Kier molecular flexibility index (Phi) is 4.50.